The average Bonchev–Trinajstić information content (AvgIpc) is 3.16. The van der Waals surface area contributed by atoms with Crippen LogP contribution in [0.15, 0.2) is 29.2 Å². The van der Waals surface area contributed by atoms with Crippen molar-refractivity contribution in [1.29, 1.82) is 0 Å². The lowest BCUT2D eigenvalue weighted by Gasteiger charge is -2.34. The number of hydrogen-bond donors (Lipinski definition) is 2. The largest absolute Gasteiger partial charge is 0.355 e. The van der Waals surface area contributed by atoms with Gasteiger partial charge in [-0.2, -0.15) is 0 Å². The average molecular weight is 354 g/mol. The van der Waals surface area contributed by atoms with Gasteiger partial charge >= 0.3 is 0 Å². The molecule has 0 unspecified atom stereocenters. The summed E-state index contributed by atoms with van der Waals surface area (Å²) in [5.74, 6) is -0.721. The Hall–Kier alpha value is -1.47. The van der Waals surface area contributed by atoms with Crippen molar-refractivity contribution in [1.82, 2.24) is 10.6 Å². The van der Waals surface area contributed by atoms with Crippen molar-refractivity contribution in [3.63, 3.8) is 0 Å². The van der Waals surface area contributed by atoms with Gasteiger partial charge in [0.2, 0.25) is 5.91 Å². The van der Waals surface area contributed by atoms with Gasteiger partial charge in [-0.1, -0.05) is 6.92 Å². The van der Waals surface area contributed by atoms with Crippen LogP contribution in [-0.2, 0) is 14.6 Å². The maximum Gasteiger partial charge on any atom is 0.227 e. The summed E-state index contributed by atoms with van der Waals surface area (Å²) in [4.78, 5) is 12.7. The summed E-state index contributed by atoms with van der Waals surface area (Å²) in [5.41, 5.74) is -0.414. The van der Waals surface area contributed by atoms with Gasteiger partial charge in [-0.25, -0.2) is 12.8 Å². The molecule has 0 aliphatic carbocycles. The maximum atomic E-state index is 12.9. The number of rotatable bonds is 6. The van der Waals surface area contributed by atoms with Crippen molar-refractivity contribution in [3.05, 3.63) is 30.1 Å². The van der Waals surface area contributed by atoms with Crippen LogP contribution in [0.25, 0.3) is 0 Å². The quantitative estimate of drug-likeness (QED) is 0.762. The number of carbonyl (C=O) groups excluding carboxylic acids is 1. The summed E-state index contributed by atoms with van der Waals surface area (Å²) in [7, 11) is -3.53. The number of sulfone groups is 1. The minimum atomic E-state index is -3.53. The van der Waals surface area contributed by atoms with E-state index in [-0.39, 0.29) is 29.1 Å². The Bertz CT molecular complexity index is 720. The van der Waals surface area contributed by atoms with Crippen LogP contribution in [0, 0.1) is 11.2 Å². The molecule has 0 spiro atoms. The number of hydrogen-bond acceptors (Lipinski definition) is 4. The summed E-state index contributed by atoms with van der Waals surface area (Å²) in [6.07, 6.45) is 3.68. The van der Waals surface area contributed by atoms with E-state index in [2.05, 4.69) is 10.6 Å². The molecule has 2 saturated heterocycles. The Balaban J connectivity index is 1.59. The third-order valence-corrected chi connectivity index (χ3v) is 7.16. The number of amides is 1. The molecule has 1 amide bonds. The van der Waals surface area contributed by atoms with Gasteiger partial charge in [0.1, 0.15) is 5.82 Å². The molecule has 7 heteroatoms. The summed E-state index contributed by atoms with van der Waals surface area (Å²) in [6, 6.07) is 5.35. The van der Waals surface area contributed by atoms with Gasteiger partial charge in [0.05, 0.1) is 16.1 Å². The number of fused-ring (bicyclic) bond motifs is 2. The predicted molar refractivity (Wildman–Crippen MR) is 88.7 cm³/mol. The third-order valence-electron chi connectivity index (χ3n) is 5.43. The Kier molecular flexibility index (Phi) is 4.66. The Labute approximate surface area is 141 Å². The van der Waals surface area contributed by atoms with Gasteiger partial charge in [0, 0.05) is 18.6 Å². The first-order chi connectivity index (χ1) is 11.4. The first-order valence-corrected chi connectivity index (χ1v) is 10.1. The molecule has 24 heavy (non-hydrogen) atoms. The minimum Gasteiger partial charge on any atom is -0.355 e. The van der Waals surface area contributed by atoms with Crippen LogP contribution in [0.1, 0.15) is 32.6 Å². The number of halogens is 1. The highest BCUT2D eigenvalue weighted by Crippen LogP contribution is 2.45. The van der Waals surface area contributed by atoms with Crippen LogP contribution in [0.2, 0.25) is 0 Å². The Morgan fingerprint density at radius 1 is 1.33 bits per heavy atom. The van der Waals surface area contributed by atoms with E-state index in [4.69, 9.17) is 0 Å². The molecule has 1 aromatic carbocycles. The van der Waals surface area contributed by atoms with E-state index in [0.29, 0.717) is 6.04 Å². The van der Waals surface area contributed by atoms with E-state index < -0.39 is 21.1 Å². The molecule has 5 nitrogen and oxygen atoms in total. The van der Waals surface area contributed by atoms with Crippen LogP contribution in [0.4, 0.5) is 4.39 Å². The van der Waals surface area contributed by atoms with Gasteiger partial charge < -0.3 is 10.6 Å². The molecular weight excluding hydrogens is 331 g/mol. The second-order valence-electron chi connectivity index (χ2n) is 6.74. The van der Waals surface area contributed by atoms with Crippen LogP contribution in [-0.4, -0.2) is 38.7 Å². The molecule has 2 fully saturated rings. The van der Waals surface area contributed by atoms with E-state index >= 15 is 0 Å². The Morgan fingerprint density at radius 3 is 2.58 bits per heavy atom. The summed E-state index contributed by atoms with van der Waals surface area (Å²) < 4.78 is 37.4. The van der Waals surface area contributed by atoms with Crippen molar-refractivity contribution in [2.24, 2.45) is 5.41 Å². The molecule has 0 saturated carbocycles. The molecule has 2 bridgehead atoms. The van der Waals surface area contributed by atoms with Crippen molar-refractivity contribution in [3.8, 4) is 0 Å². The van der Waals surface area contributed by atoms with E-state index in [0.717, 1.165) is 37.8 Å². The van der Waals surface area contributed by atoms with Gasteiger partial charge in [0.25, 0.3) is 0 Å². The van der Waals surface area contributed by atoms with E-state index in [1.165, 1.54) is 12.1 Å². The summed E-state index contributed by atoms with van der Waals surface area (Å²) >= 11 is 0. The predicted octanol–water partition coefficient (Wildman–Crippen LogP) is 1.64. The lowest BCUT2D eigenvalue weighted by atomic mass is 9.71. The van der Waals surface area contributed by atoms with Crippen LogP contribution in [0.5, 0.6) is 0 Å². The topological polar surface area (TPSA) is 75.3 Å². The van der Waals surface area contributed by atoms with Crippen molar-refractivity contribution in [2.45, 2.75) is 49.6 Å². The molecule has 0 aromatic heterocycles. The third kappa shape index (κ3) is 3.07. The lowest BCUT2D eigenvalue weighted by Crippen LogP contribution is -2.49. The monoisotopic (exact) mass is 354 g/mol. The molecule has 2 aliphatic rings. The van der Waals surface area contributed by atoms with E-state index in [1.807, 2.05) is 6.92 Å². The SMILES string of the molecule is CC[C@@]1(C(=O)NCCS(=O)(=O)c2ccc(F)cc2)C[C@@H]2CC[C@H]1N2. The number of benzene rings is 1. The molecule has 132 valence electrons. The molecule has 2 aliphatic heterocycles. The van der Waals surface area contributed by atoms with Crippen molar-refractivity contribution >= 4 is 15.7 Å². The number of nitrogens with one attached hydrogen (secondary N) is 2. The van der Waals surface area contributed by atoms with Crippen molar-refractivity contribution < 1.29 is 17.6 Å². The second kappa shape index (κ2) is 6.44. The van der Waals surface area contributed by atoms with Crippen LogP contribution < -0.4 is 10.6 Å². The Morgan fingerprint density at radius 2 is 2.04 bits per heavy atom. The van der Waals surface area contributed by atoms with Gasteiger partial charge in [-0.3, -0.25) is 4.79 Å². The molecule has 1 aromatic rings. The van der Waals surface area contributed by atoms with E-state index in [9.17, 15) is 17.6 Å². The standard InChI is InChI=1S/C17H23FN2O3S/c1-2-17(11-13-5-8-15(17)20-13)16(21)19-9-10-24(22,23)14-6-3-12(18)4-7-14/h3-4,6-7,13,15,20H,2,5,8-11H2,1H3,(H,19,21)/t13-,15+,17+/m0/s1. The highest BCUT2D eigenvalue weighted by atomic mass is 32.2. The maximum absolute atomic E-state index is 12.9. The smallest absolute Gasteiger partial charge is 0.227 e. The van der Waals surface area contributed by atoms with Crippen molar-refractivity contribution in [2.75, 3.05) is 12.3 Å². The normalized spacial score (nSPS) is 28.9. The number of carbonyl (C=O) groups is 1. The lowest BCUT2D eigenvalue weighted by molar-refractivity contribution is -0.132. The zero-order chi connectivity index (χ0) is 17.4. The van der Waals surface area contributed by atoms with Gasteiger partial charge in [-0.15, -0.1) is 0 Å². The fourth-order valence-electron chi connectivity index (χ4n) is 4.03. The fraction of sp³-hybridized carbons (Fsp3) is 0.588. The van der Waals surface area contributed by atoms with E-state index in [1.54, 1.807) is 0 Å². The zero-order valence-electron chi connectivity index (χ0n) is 13.7. The molecule has 2 heterocycles. The molecule has 3 atom stereocenters. The first kappa shape index (κ1) is 17.4. The molecule has 3 rings (SSSR count). The highest BCUT2D eigenvalue weighted by molar-refractivity contribution is 7.91. The van der Waals surface area contributed by atoms with Crippen LogP contribution in [0.3, 0.4) is 0 Å². The second-order valence-corrected chi connectivity index (χ2v) is 8.85. The summed E-state index contributed by atoms with van der Waals surface area (Å²) in [5, 5.41) is 6.28. The van der Waals surface area contributed by atoms with Gasteiger partial charge in [0.15, 0.2) is 9.84 Å². The molecule has 0 radical (unpaired) electrons. The summed E-state index contributed by atoms with van der Waals surface area (Å²) in [6.45, 7) is 2.08. The van der Waals surface area contributed by atoms with Gasteiger partial charge in [-0.05, 0) is 49.9 Å². The van der Waals surface area contributed by atoms with Crippen LogP contribution >= 0.6 is 0 Å². The highest BCUT2D eigenvalue weighted by Gasteiger charge is 2.54. The fourth-order valence-corrected chi connectivity index (χ4v) is 5.19. The zero-order valence-corrected chi connectivity index (χ0v) is 14.5. The minimum absolute atomic E-state index is 0.0565. The first-order valence-electron chi connectivity index (χ1n) is 8.40. The molecule has 2 N–H and O–H groups in total. The molecular formula is C17H23FN2O3S.